The number of ether oxygens (including phenoxy) is 1. The van der Waals surface area contributed by atoms with Crippen LogP contribution in [-0.4, -0.2) is 23.7 Å². The molecule has 0 radical (unpaired) electrons. The Morgan fingerprint density at radius 1 is 1.30 bits per heavy atom. The minimum atomic E-state index is -0.590. The molecule has 0 saturated carbocycles. The average Bonchev–Trinajstić information content (AvgIpc) is 2.85. The lowest BCUT2D eigenvalue weighted by atomic mass is 10.1. The molecule has 1 aliphatic rings. The lowest BCUT2D eigenvalue weighted by Gasteiger charge is -2.18. The maximum absolute atomic E-state index is 12.5. The second-order valence-electron chi connectivity index (χ2n) is 5.83. The van der Waals surface area contributed by atoms with E-state index >= 15 is 0 Å². The number of amides is 1. The summed E-state index contributed by atoms with van der Waals surface area (Å²) in [5, 5.41) is 13.2. The number of nitrogens with one attached hydrogen (secondary N) is 1. The molecule has 0 aromatic heterocycles. The van der Waals surface area contributed by atoms with E-state index < -0.39 is 6.10 Å². The van der Waals surface area contributed by atoms with Crippen molar-refractivity contribution in [2.75, 3.05) is 6.61 Å². The molecule has 0 bridgehead atoms. The molecule has 1 aliphatic carbocycles. The van der Waals surface area contributed by atoms with Crippen molar-refractivity contribution in [2.24, 2.45) is 0 Å². The molecule has 0 spiro atoms. The van der Waals surface area contributed by atoms with Gasteiger partial charge in [0.2, 0.25) is 0 Å². The van der Waals surface area contributed by atoms with E-state index in [1.807, 2.05) is 44.2 Å². The number of fused-ring (bicyclic) bond motifs is 1. The number of carbonyl (C=O) groups excluding carboxylic acids is 1. The van der Waals surface area contributed by atoms with Gasteiger partial charge in [0.15, 0.2) is 0 Å². The zero-order chi connectivity index (χ0) is 16.4. The topological polar surface area (TPSA) is 58.6 Å². The van der Waals surface area contributed by atoms with Gasteiger partial charge in [0.05, 0.1) is 18.8 Å². The second-order valence-corrected chi connectivity index (χ2v) is 5.83. The predicted molar refractivity (Wildman–Crippen MR) is 88.7 cm³/mol. The molecule has 23 heavy (non-hydrogen) atoms. The number of aliphatic hydroxyl groups is 1. The molecular formula is C19H21NO3. The number of hydrogen-bond acceptors (Lipinski definition) is 3. The molecule has 2 atom stereocenters. The molecule has 0 heterocycles. The molecule has 0 saturated heterocycles. The maximum Gasteiger partial charge on any atom is 0.251 e. The largest absolute Gasteiger partial charge is 0.494 e. The van der Waals surface area contributed by atoms with Crippen LogP contribution in [0, 0.1) is 6.92 Å². The number of rotatable bonds is 4. The predicted octanol–water partition coefficient (Wildman–Crippen LogP) is 2.78. The van der Waals surface area contributed by atoms with Gasteiger partial charge in [-0.25, -0.2) is 0 Å². The Morgan fingerprint density at radius 2 is 2.09 bits per heavy atom. The molecule has 4 heteroatoms. The summed E-state index contributed by atoms with van der Waals surface area (Å²) < 4.78 is 5.55. The Bertz CT molecular complexity index is 726. The highest BCUT2D eigenvalue weighted by atomic mass is 16.5. The summed E-state index contributed by atoms with van der Waals surface area (Å²) >= 11 is 0. The SMILES string of the molecule is CCOc1cc(C(=O)N[C@@H]2c3ccccc3C[C@@H]2O)ccc1C. The van der Waals surface area contributed by atoms with Gasteiger partial charge >= 0.3 is 0 Å². The van der Waals surface area contributed by atoms with Crippen molar-refractivity contribution in [3.63, 3.8) is 0 Å². The smallest absolute Gasteiger partial charge is 0.251 e. The quantitative estimate of drug-likeness (QED) is 0.913. The normalized spacial score (nSPS) is 19.3. The van der Waals surface area contributed by atoms with Crippen molar-refractivity contribution in [2.45, 2.75) is 32.4 Å². The third kappa shape index (κ3) is 3.08. The molecule has 2 aromatic rings. The lowest BCUT2D eigenvalue weighted by molar-refractivity contribution is 0.0858. The van der Waals surface area contributed by atoms with Crippen molar-refractivity contribution >= 4 is 5.91 Å². The van der Waals surface area contributed by atoms with Gasteiger partial charge in [-0.2, -0.15) is 0 Å². The van der Waals surface area contributed by atoms with Crippen LogP contribution in [0.25, 0.3) is 0 Å². The van der Waals surface area contributed by atoms with Gasteiger partial charge in [0.25, 0.3) is 5.91 Å². The van der Waals surface area contributed by atoms with Crippen molar-refractivity contribution in [1.29, 1.82) is 0 Å². The van der Waals surface area contributed by atoms with Gasteiger partial charge in [-0.15, -0.1) is 0 Å². The Balaban J connectivity index is 1.81. The van der Waals surface area contributed by atoms with Crippen LogP contribution in [0.1, 0.15) is 40.0 Å². The fraction of sp³-hybridized carbons (Fsp3) is 0.316. The Kier molecular flexibility index (Phi) is 4.35. The molecule has 3 rings (SSSR count). The van der Waals surface area contributed by atoms with Crippen LogP contribution in [0.2, 0.25) is 0 Å². The molecule has 2 N–H and O–H groups in total. The lowest BCUT2D eigenvalue weighted by Crippen LogP contribution is -2.33. The second kappa shape index (κ2) is 6.42. The van der Waals surface area contributed by atoms with Crippen LogP contribution >= 0.6 is 0 Å². The Labute approximate surface area is 136 Å². The fourth-order valence-corrected chi connectivity index (χ4v) is 3.02. The van der Waals surface area contributed by atoms with Gasteiger partial charge in [-0.1, -0.05) is 30.3 Å². The highest BCUT2D eigenvalue weighted by molar-refractivity contribution is 5.95. The van der Waals surface area contributed by atoms with Crippen LogP contribution in [-0.2, 0) is 6.42 Å². The molecule has 1 amide bonds. The molecular weight excluding hydrogens is 290 g/mol. The van der Waals surface area contributed by atoms with Crippen molar-refractivity contribution < 1.29 is 14.6 Å². The minimum absolute atomic E-state index is 0.202. The maximum atomic E-state index is 12.5. The monoisotopic (exact) mass is 311 g/mol. The summed E-state index contributed by atoms with van der Waals surface area (Å²) in [5.41, 5.74) is 3.61. The average molecular weight is 311 g/mol. The van der Waals surface area contributed by atoms with Gasteiger partial charge in [-0.3, -0.25) is 4.79 Å². The summed E-state index contributed by atoms with van der Waals surface area (Å²) in [7, 11) is 0. The summed E-state index contributed by atoms with van der Waals surface area (Å²) in [4.78, 5) is 12.5. The zero-order valence-electron chi connectivity index (χ0n) is 13.4. The summed E-state index contributed by atoms with van der Waals surface area (Å²) in [5.74, 6) is 0.513. The van der Waals surface area contributed by atoms with Crippen molar-refractivity contribution in [3.05, 3.63) is 64.7 Å². The first kappa shape index (κ1) is 15.6. The zero-order valence-corrected chi connectivity index (χ0v) is 13.4. The number of aliphatic hydroxyl groups excluding tert-OH is 1. The molecule has 120 valence electrons. The highest BCUT2D eigenvalue weighted by Crippen LogP contribution is 2.31. The van der Waals surface area contributed by atoms with E-state index in [0.29, 0.717) is 24.3 Å². The van der Waals surface area contributed by atoms with Crippen LogP contribution in [0.4, 0.5) is 0 Å². The van der Waals surface area contributed by atoms with Gasteiger partial charge in [-0.05, 0) is 42.7 Å². The fourth-order valence-electron chi connectivity index (χ4n) is 3.02. The summed E-state index contributed by atoms with van der Waals surface area (Å²) in [6.45, 7) is 4.42. The van der Waals surface area contributed by atoms with Crippen LogP contribution in [0.3, 0.4) is 0 Å². The van der Waals surface area contributed by atoms with E-state index in [1.165, 1.54) is 0 Å². The highest BCUT2D eigenvalue weighted by Gasteiger charge is 2.32. The van der Waals surface area contributed by atoms with Gasteiger partial charge < -0.3 is 15.2 Å². The van der Waals surface area contributed by atoms with Crippen molar-refractivity contribution in [3.8, 4) is 5.75 Å². The van der Waals surface area contributed by atoms with Crippen molar-refractivity contribution in [1.82, 2.24) is 5.32 Å². The van der Waals surface area contributed by atoms with Gasteiger partial charge in [0, 0.05) is 12.0 Å². The Morgan fingerprint density at radius 3 is 2.87 bits per heavy atom. The van der Waals surface area contributed by atoms with E-state index in [4.69, 9.17) is 4.74 Å². The number of hydrogen-bond donors (Lipinski definition) is 2. The van der Waals surface area contributed by atoms with Gasteiger partial charge in [0.1, 0.15) is 5.75 Å². The Hall–Kier alpha value is -2.33. The standard InChI is InChI=1S/C19H21NO3/c1-3-23-17-11-14(9-8-12(17)2)19(22)20-18-15-7-5-4-6-13(15)10-16(18)21/h4-9,11,16,18,21H,3,10H2,1-2H3,(H,20,22)/t16-,18+/m0/s1. The number of benzene rings is 2. The summed E-state index contributed by atoms with van der Waals surface area (Å²) in [6, 6.07) is 12.9. The first-order chi connectivity index (χ1) is 11.1. The van der Waals surface area contributed by atoms with E-state index in [-0.39, 0.29) is 11.9 Å². The third-order valence-corrected chi connectivity index (χ3v) is 4.24. The molecule has 0 unspecified atom stereocenters. The number of carbonyl (C=O) groups is 1. The van der Waals surface area contributed by atoms with E-state index in [9.17, 15) is 9.90 Å². The molecule has 2 aromatic carbocycles. The minimum Gasteiger partial charge on any atom is -0.494 e. The van der Waals surface area contributed by atoms with E-state index in [2.05, 4.69) is 5.32 Å². The van der Waals surface area contributed by atoms with E-state index in [0.717, 1.165) is 16.7 Å². The third-order valence-electron chi connectivity index (χ3n) is 4.24. The summed E-state index contributed by atoms with van der Waals surface area (Å²) in [6.07, 6.45) is -0.0210. The van der Waals surface area contributed by atoms with Crippen LogP contribution < -0.4 is 10.1 Å². The van der Waals surface area contributed by atoms with Crippen LogP contribution in [0.15, 0.2) is 42.5 Å². The van der Waals surface area contributed by atoms with E-state index in [1.54, 1.807) is 12.1 Å². The molecule has 0 aliphatic heterocycles. The molecule has 0 fully saturated rings. The first-order valence-electron chi connectivity index (χ1n) is 7.90. The number of aryl methyl sites for hydroxylation is 1. The first-order valence-corrected chi connectivity index (χ1v) is 7.90. The van der Waals surface area contributed by atoms with Crippen LogP contribution in [0.5, 0.6) is 5.75 Å². The molecule has 4 nitrogen and oxygen atoms in total.